The van der Waals surface area contributed by atoms with Gasteiger partial charge in [-0.2, -0.15) is 0 Å². The van der Waals surface area contributed by atoms with E-state index in [1.807, 2.05) is 48.5 Å². The van der Waals surface area contributed by atoms with Crippen LogP contribution in [0.1, 0.15) is 34.6 Å². The van der Waals surface area contributed by atoms with Crippen LogP contribution in [0.15, 0.2) is 97.1 Å². The quantitative estimate of drug-likeness (QED) is 0.187. The minimum absolute atomic E-state index is 0.323. The largest absolute Gasteiger partial charge is 0.519 e. The lowest BCUT2D eigenvalue weighted by molar-refractivity contribution is 0.0517. The van der Waals surface area contributed by atoms with Crippen molar-refractivity contribution < 1.29 is 33.3 Å². The van der Waals surface area contributed by atoms with Gasteiger partial charge in [0.2, 0.25) is 0 Å². The monoisotopic (exact) mass is 510 g/mol. The lowest BCUT2D eigenvalue weighted by atomic mass is 10.0. The molecular weight excluding hydrogens is 484 g/mol. The lowest BCUT2D eigenvalue weighted by Crippen LogP contribution is -2.13. The fourth-order valence-electron chi connectivity index (χ4n) is 3.67. The zero-order valence-electron chi connectivity index (χ0n) is 21.0. The summed E-state index contributed by atoms with van der Waals surface area (Å²) >= 11 is 0. The summed E-state index contributed by atoms with van der Waals surface area (Å²) in [6, 6.07) is 28.0. The maximum Gasteiger partial charge on any atom is 0.519 e. The van der Waals surface area contributed by atoms with Crippen LogP contribution in [0.4, 0.5) is 4.79 Å². The first-order valence-electron chi connectivity index (χ1n) is 12.1. The first-order chi connectivity index (χ1) is 18.5. The van der Waals surface area contributed by atoms with Crippen LogP contribution in [-0.2, 0) is 9.47 Å². The van der Waals surface area contributed by atoms with Gasteiger partial charge >= 0.3 is 18.1 Å². The Hall–Kier alpha value is -4.91. The number of esters is 2. The topological polar surface area (TPSA) is 88.1 Å². The molecule has 0 unspecified atom stereocenters. The number of hydrogen-bond acceptors (Lipinski definition) is 7. The molecule has 0 aromatic heterocycles. The molecule has 0 heterocycles. The number of hydrogen-bond donors (Lipinski definition) is 0. The van der Waals surface area contributed by atoms with Gasteiger partial charge in [0.15, 0.2) is 0 Å². The molecule has 0 radical (unpaired) electrons. The summed E-state index contributed by atoms with van der Waals surface area (Å²) in [6.45, 7) is 4.17. The van der Waals surface area contributed by atoms with Crippen LogP contribution in [0.25, 0.3) is 22.3 Å². The Kier molecular flexibility index (Phi) is 8.51. The third-order valence-corrected chi connectivity index (χ3v) is 5.57. The highest BCUT2D eigenvalue weighted by Crippen LogP contribution is 2.25. The fourth-order valence-corrected chi connectivity index (χ4v) is 3.67. The van der Waals surface area contributed by atoms with Gasteiger partial charge in [-0.1, -0.05) is 48.5 Å². The normalized spacial score (nSPS) is 10.4. The first-order valence-corrected chi connectivity index (χ1v) is 12.1. The Bertz CT molecular complexity index is 1280. The van der Waals surface area contributed by atoms with E-state index in [9.17, 15) is 14.4 Å². The van der Waals surface area contributed by atoms with E-state index in [4.69, 9.17) is 18.9 Å². The molecule has 0 saturated carbocycles. The molecule has 0 atom stereocenters. The molecule has 0 saturated heterocycles. The van der Waals surface area contributed by atoms with Crippen LogP contribution in [0.5, 0.6) is 11.5 Å². The maximum atomic E-state index is 12.3. The average molecular weight is 511 g/mol. The third kappa shape index (κ3) is 6.64. The van der Waals surface area contributed by atoms with Crippen molar-refractivity contribution >= 4 is 18.1 Å². The molecule has 4 aromatic rings. The summed E-state index contributed by atoms with van der Waals surface area (Å²) in [6.07, 6.45) is -0.858. The fraction of sp³-hybridized carbons (Fsp3) is 0.129. The van der Waals surface area contributed by atoms with Crippen LogP contribution in [0.2, 0.25) is 0 Å². The second kappa shape index (κ2) is 12.4. The van der Waals surface area contributed by atoms with Crippen molar-refractivity contribution in [1.82, 2.24) is 0 Å². The van der Waals surface area contributed by atoms with Gasteiger partial charge in [-0.25, -0.2) is 14.4 Å². The lowest BCUT2D eigenvalue weighted by Gasteiger charge is -2.08. The van der Waals surface area contributed by atoms with Crippen molar-refractivity contribution in [2.24, 2.45) is 0 Å². The summed E-state index contributed by atoms with van der Waals surface area (Å²) in [5.41, 5.74) is 4.57. The molecule has 0 fully saturated rings. The van der Waals surface area contributed by atoms with E-state index < -0.39 is 6.16 Å². The van der Waals surface area contributed by atoms with Gasteiger partial charge in [-0.05, 0) is 84.6 Å². The SMILES string of the molecule is CCOC(=O)c1ccc(-c2ccc(OC(=O)Oc3ccc(-c4ccc(C(=O)OCC)cc4)cc3)cc2)cc1. The van der Waals surface area contributed by atoms with Gasteiger partial charge in [0.05, 0.1) is 24.3 Å². The number of rotatable bonds is 8. The number of carbonyl (C=O) groups excluding carboxylic acids is 3. The zero-order valence-corrected chi connectivity index (χ0v) is 21.0. The van der Waals surface area contributed by atoms with E-state index in [0.717, 1.165) is 22.3 Å². The van der Waals surface area contributed by atoms with Crippen LogP contribution >= 0.6 is 0 Å². The molecular formula is C31H26O7. The smallest absolute Gasteiger partial charge is 0.462 e. The van der Waals surface area contributed by atoms with Crippen LogP contribution in [0, 0.1) is 0 Å². The molecule has 7 heteroatoms. The van der Waals surface area contributed by atoms with Gasteiger partial charge in [0.1, 0.15) is 11.5 Å². The number of ether oxygens (including phenoxy) is 4. The van der Waals surface area contributed by atoms with E-state index in [2.05, 4.69) is 0 Å². The third-order valence-electron chi connectivity index (χ3n) is 5.57. The van der Waals surface area contributed by atoms with Crippen molar-refractivity contribution in [3.8, 4) is 33.8 Å². The minimum atomic E-state index is -0.858. The zero-order chi connectivity index (χ0) is 26.9. The first kappa shape index (κ1) is 26.2. The Balaban J connectivity index is 1.32. The second-order valence-electron chi connectivity index (χ2n) is 8.10. The molecule has 0 amide bonds. The van der Waals surface area contributed by atoms with E-state index >= 15 is 0 Å². The van der Waals surface area contributed by atoms with Gasteiger partial charge < -0.3 is 18.9 Å². The maximum absolute atomic E-state index is 12.3. The van der Waals surface area contributed by atoms with Crippen molar-refractivity contribution in [2.75, 3.05) is 13.2 Å². The Morgan fingerprint density at radius 3 is 1.05 bits per heavy atom. The molecule has 0 aliphatic rings. The van der Waals surface area contributed by atoms with Gasteiger partial charge in [0.25, 0.3) is 0 Å². The van der Waals surface area contributed by atoms with E-state index in [1.165, 1.54) is 0 Å². The van der Waals surface area contributed by atoms with Crippen molar-refractivity contribution in [3.05, 3.63) is 108 Å². The molecule has 0 aliphatic carbocycles. The Labute approximate surface area is 220 Å². The molecule has 4 rings (SSSR count). The Morgan fingerprint density at radius 2 is 0.763 bits per heavy atom. The molecule has 0 N–H and O–H groups in total. The summed E-state index contributed by atoms with van der Waals surface area (Å²) in [5.74, 6) is -0.0540. The van der Waals surface area contributed by atoms with Gasteiger partial charge in [-0.3, -0.25) is 0 Å². The molecule has 0 bridgehead atoms. The molecule has 4 aromatic carbocycles. The summed E-state index contributed by atoms with van der Waals surface area (Å²) in [4.78, 5) is 35.9. The van der Waals surface area contributed by atoms with Crippen molar-refractivity contribution in [1.29, 1.82) is 0 Å². The van der Waals surface area contributed by atoms with E-state index in [-0.39, 0.29) is 11.9 Å². The van der Waals surface area contributed by atoms with Crippen molar-refractivity contribution in [2.45, 2.75) is 13.8 Å². The number of benzene rings is 4. The predicted octanol–water partition coefficient (Wildman–Crippen LogP) is 6.95. The van der Waals surface area contributed by atoms with Gasteiger partial charge in [0, 0.05) is 0 Å². The molecule has 0 spiro atoms. The predicted molar refractivity (Wildman–Crippen MR) is 142 cm³/mol. The number of carbonyl (C=O) groups is 3. The molecule has 7 nitrogen and oxygen atoms in total. The highest BCUT2D eigenvalue weighted by molar-refractivity contribution is 5.90. The van der Waals surface area contributed by atoms with Gasteiger partial charge in [-0.15, -0.1) is 0 Å². The standard InChI is InChI=1S/C31H26O7/c1-3-35-29(32)25-9-5-21(6-10-25)23-13-17-27(18-14-23)37-31(34)38-28-19-15-24(16-20-28)22-7-11-26(12-8-22)30(33)36-4-2/h5-20H,3-4H2,1-2H3. The molecule has 38 heavy (non-hydrogen) atoms. The van der Waals surface area contributed by atoms with Crippen LogP contribution in [0.3, 0.4) is 0 Å². The van der Waals surface area contributed by atoms with E-state index in [0.29, 0.717) is 35.8 Å². The van der Waals surface area contributed by atoms with E-state index in [1.54, 1.807) is 62.4 Å². The average Bonchev–Trinajstić information content (AvgIpc) is 2.94. The summed E-state index contributed by atoms with van der Waals surface area (Å²) in [5, 5.41) is 0. The highest BCUT2D eigenvalue weighted by atomic mass is 16.7. The molecule has 0 aliphatic heterocycles. The van der Waals surface area contributed by atoms with Crippen molar-refractivity contribution in [3.63, 3.8) is 0 Å². The summed E-state index contributed by atoms with van der Waals surface area (Å²) < 4.78 is 20.6. The molecule has 192 valence electrons. The second-order valence-corrected chi connectivity index (χ2v) is 8.10. The minimum Gasteiger partial charge on any atom is -0.462 e. The summed E-state index contributed by atoms with van der Waals surface area (Å²) in [7, 11) is 0. The Morgan fingerprint density at radius 1 is 0.474 bits per heavy atom. The highest BCUT2D eigenvalue weighted by Gasteiger charge is 2.11. The van der Waals surface area contributed by atoms with Crippen LogP contribution in [-0.4, -0.2) is 31.3 Å². The van der Waals surface area contributed by atoms with Crippen LogP contribution < -0.4 is 9.47 Å².